The summed E-state index contributed by atoms with van der Waals surface area (Å²) in [7, 11) is 1.51. The summed E-state index contributed by atoms with van der Waals surface area (Å²) in [6, 6.07) is 6.77. The molecule has 0 aliphatic rings. The molecule has 0 spiro atoms. The molecule has 3 rings (SSSR count). The highest BCUT2D eigenvalue weighted by Gasteiger charge is 2.19. The number of rotatable bonds is 4. The third-order valence-electron chi connectivity index (χ3n) is 4.06. The fourth-order valence-electron chi connectivity index (χ4n) is 2.59. The van der Waals surface area contributed by atoms with Crippen LogP contribution in [0.4, 0.5) is 0 Å². The van der Waals surface area contributed by atoms with Crippen LogP contribution in [-0.4, -0.2) is 22.7 Å². The van der Waals surface area contributed by atoms with E-state index in [1.807, 2.05) is 23.8 Å². The van der Waals surface area contributed by atoms with Crippen molar-refractivity contribution in [2.24, 2.45) is 4.99 Å². The van der Waals surface area contributed by atoms with Crippen molar-refractivity contribution in [1.29, 1.82) is 0 Å². The molecule has 28 heavy (non-hydrogen) atoms. The van der Waals surface area contributed by atoms with Gasteiger partial charge in [0.2, 0.25) is 0 Å². The van der Waals surface area contributed by atoms with Crippen molar-refractivity contribution in [3.8, 4) is 5.75 Å². The van der Waals surface area contributed by atoms with Gasteiger partial charge < -0.3 is 13.8 Å². The fraction of sp³-hybridized carbons (Fsp3) is 0.350. The second kappa shape index (κ2) is 7.93. The molecular weight excluding hydrogens is 398 g/mol. The number of thiazole rings is 1. The molecule has 0 aliphatic heterocycles. The number of aromatic nitrogens is 2. The summed E-state index contributed by atoms with van der Waals surface area (Å²) in [5.41, 5.74) is 1.02. The number of hydrogen-bond donors (Lipinski definition) is 0. The highest BCUT2D eigenvalue weighted by atomic mass is 35.5. The van der Waals surface area contributed by atoms with Crippen LogP contribution in [-0.2, 0) is 12.0 Å². The Kier molecular flexibility index (Phi) is 5.76. The monoisotopic (exact) mass is 419 g/mol. The molecule has 8 heteroatoms. The Balaban J connectivity index is 2.07. The lowest BCUT2D eigenvalue weighted by Gasteiger charge is -2.14. The largest absolute Gasteiger partial charge is 0.496 e. The first kappa shape index (κ1) is 20.4. The number of hydrogen-bond acceptors (Lipinski definition) is 5. The van der Waals surface area contributed by atoms with E-state index in [-0.39, 0.29) is 5.41 Å². The SMILES string of the molecule is COc1ccc(Cl)cc1C(=O)N=c1sc(C(C)(C)C)cn1Cc1cc(C)on1. The van der Waals surface area contributed by atoms with Crippen molar-refractivity contribution in [1.82, 2.24) is 9.72 Å². The molecule has 0 N–H and O–H groups in total. The van der Waals surface area contributed by atoms with Crippen molar-refractivity contribution in [2.75, 3.05) is 7.11 Å². The van der Waals surface area contributed by atoms with E-state index in [0.29, 0.717) is 27.7 Å². The minimum absolute atomic E-state index is 0.0727. The van der Waals surface area contributed by atoms with Gasteiger partial charge in [-0.3, -0.25) is 4.79 Å². The molecule has 2 aromatic heterocycles. The van der Waals surface area contributed by atoms with Crippen LogP contribution in [0.15, 0.2) is 40.0 Å². The first-order chi connectivity index (χ1) is 13.2. The van der Waals surface area contributed by atoms with Crippen LogP contribution < -0.4 is 9.54 Å². The first-order valence-corrected chi connectivity index (χ1v) is 9.92. The Morgan fingerprint density at radius 2 is 2.11 bits per heavy atom. The number of methoxy groups -OCH3 is 1. The summed E-state index contributed by atoms with van der Waals surface area (Å²) in [6.45, 7) is 8.66. The maximum Gasteiger partial charge on any atom is 0.283 e. The molecule has 6 nitrogen and oxygen atoms in total. The smallest absolute Gasteiger partial charge is 0.283 e. The summed E-state index contributed by atoms with van der Waals surface area (Å²) < 4.78 is 12.4. The molecular formula is C20H22ClN3O3S. The van der Waals surface area contributed by atoms with E-state index in [0.717, 1.165) is 16.3 Å². The molecule has 0 saturated heterocycles. The second-order valence-corrected chi connectivity index (χ2v) is 8.89. The summed E-state index contributed by atoms with van der Waals surface area (Å²) in [6.07, 6.45) is 2.01. The summed E-state index contributed by atoms with van der Waals surface area (Å²) in [5.74, 6) is 0.760. The average Bonchev–Trinajstić information content (AvgIpc) is 3.21. The number of aryl methyl sites for hydroxylation is 1. The van der Waals surface area contributed by atoms with Crippen LogP contribution in [0.25, 0.3) is 0 Å². The van der Waals surface area contributed by atoms with Gasteiger partial charge in [-0.2, -0.15) is 4.99 Å². The lowest BCUT2D eigenvalue weighted by atomic mass is 9.95. The van der Waals surface area contributed by atoms with Crippen LogP contribution in [0.2, 0.25) is 5.02 Å². The van der Waals surface area contributed by atoms with E-state index in [9.17, 15) is 4.79 Å². The Bertz CT molecular complexity index is 1070. The van der Waals surface area contributed by atoms with E-state index in [1.165, 1.54) is 18.4 Å². The molecule has 148 valence electrons. The van der Waals surface area contributed by atoms with E-state index >= 15 is 0 Å². The van der Waals surface area contributed by atoms with Gasteiger partial charge in [0.25, 0.3) is 5.91 Å². The van der Waals surface area contributed by atoms with Crippen LogP contribution >= 0.6 is 22.9 Å². The Morgan fingerprint density at radius 3 is 2.71 bits per heavy atom. The van der Waals surface area contributed by atoms with E-state index < -0.39 is 5.91 Å². The molecule has 0 fully saturated rings. The van der Waals surface area contributed by atoms with Gasteiger partial charge in [-0.15, -0.1) is 11.3 Å². The minimum Gasteiger partial charge on any atom is -0.496 e. The Labute approximate surface area is 172 Å². The predicted molar refractivity (Wildman–Crippen MR) is 109 cm³/mol. The van der Waals surface area contributed by atoms with E-state index in [2.05, 4.69) is 30.9 Å². The number of benzene rings is 1. The molecule has 2 heterocycles. The van der Waals surface area contributed by atoms with Gasteiger partial charge in [-0.25, -0.2) is 0 Å². The summed E-state index contributed by atoms with van der Waals surface area (Å²) >= 11 is 7.53. The van der Waals surface area contributed by atoms with Gasteiger partial charge in [-0.1, -0.05) is 37.5 Å². The van der Waals surface area contributed by atoms with Crippen molar-refractivity contribution < 1.29 is 14.1 Å². The lowest BCUT2D eigenvalue weighted by molar-refractivity contribution is 0.0995. The quantitative estimate of drug-likeness (QED) is 0.619. The normalized spacial score (nSPS) is 12.4. The summed E-state index contributed by atoms with van der Waals surface area (Å²) in [5, 5.41) is 4.50. The van der Waals surface area contributed by atoms with Gasteiger partial charge in [0.1, 0.15) is 17.2 Å². The highest BCUT2D eigenvalue weighted by molar-refractivity contribution is 7.09. The summed E-state index contributed by atoms with van der Waals surface area (Å²) in [4.78, 5) is 18.9. The van der Waals surface area contributed by atoms with Crippen molar-refractivity contribution in [3.05, 3.63) is 62.2 Å². The van der Waals surface area contributed by atoms with Crippen molar-refractivity contribution in [2.45, 2.75) is 39.7 Å². The number of halogens is 1. The lowest BCUT2D eigenvalue weighted by Crippen LogP contribution is -2.17. The maximum absolute atomic E-state index is 12.9. The molecule has 0 radical (unpaired) electrons. The molecule has 0 bridgehead atoms. The molecule has 0 atom stereocenters. The van der Waals surface area contributed by atoms with Gasteiger partial charge in [0.15, 0.2) is 4.80 Å². The minimum atomic E-state index is -0.410. The molecule has 1 amide bonds. The third kappa shape index (κ3) is 4.54. The van der Waals surface area contributed by atoms with Gasteiger partial charge in [0, 0.05) is 22.2 Å². The first-order valence-electron chi connectivity index (χ1n) is 8.73. The Morgan fingerprint density at radius 1 is 1.36 bits per heavy atom. The average molecular weight is 420 g/mol. The zero-order valence-electron chi connectivity index (χ0n) is 16.4. The number of carbonyl (C=O) groups is 1. The molecule has 3 aromatic rings. The number of amides is 1. The number of ether oxygens (including phenoxy) is 1. The predicted octanol–water partition coefficient (Wildman–Crippen LogP) is 4.59. The standard InChI is InChI=1S/C20H22ClN3O3S/c1-12-8-14(23-27-12)10-24-11-17(20(2,3)4)28-19(24)22-18(25)15-9-13(21)6-7-16(15)26-5/h6-9,11H,10H2,1-5H3. The van der Waals surface area contributed by atoms with E-state index in [4.69, 9.17) is 20.9 Å². The number of nitrogens with zero attached hydrogens (tertiary/aromatic N) is 3. The maximum atomic E-state index is 12.9. The van der Waals surface area contributed by atoms with Crippen LogP contribution in [0.5, 0.6) is 5.75 Å². The third-order valence-corrected chi connectivity index (χ3v) is 5.74. The van der Waals surface area contributed by atoms with Crippen LogP contribution in [0.3, 0.4) is 0 Å². The van der Waals surface area contributed by atoms with Gasteiger partial charge in [0.05, 0.1) is 19.2 Å². The van der Waals surface area contributed by atoms with Crippen molar-refractivity contribution in [3.63, 3.8) is 0 Å². The fourth-order valence-corrected chi connectivity index (χ4v) is 3.81. The van der Waals surface area contributed by atoms with Crippen LogP contribution in [0.1, 0.15) is 47.5 Å². The van der Waals surface area contributed by atoms with Crippen molar-refractivity contribution >= 4 is 28.8 Å². The topological polar surface area (TPSA) is 69.6 Å². The highest BCUT2D eigenvalue weighted by Crippen LogP contribution is 2.26. The second-order valence-electron chi connectivity index (χ2n) is 7.45. The molecule has 1 aromatic carbocycles. The zero-order chi connectivity index (χ0) is 20.5. The Hall–Kier alpha value is -2.38. The van der Waals surface area contributed by atoms with Gasteiger partial charge in [-0.05, 0) is 30.5 Å². The van der Waals surface area contributed by atoms with E-state index in [1.54, 1.807) is 18.2 Å². The molecule has 0 aliphatic carbocycles. The molecule has 0 unspecified atom stereocenters. The van der Waals surface area contributed by atoms with Gasteiger partial charge >= 0.3 is 0 Å². The zero-order valence-corrected chi connectivity index (χ0v) is 18.0. The van der Waals surface area contributed by atoms with Crippen LogP contribution in [0, 0.1) is 6.92 Å². The molecule has 0 saturated carbocycles. The number of carbonyl (C=O) groups excluding carboxylic acids is 1.